The Morgan fingerprint density at radius 2 is 2.17 bits per heavy atom. The lowest BCUT2D eigenvalue weighted by molar-refractivity contribution is 0.425. The average molecular weight is 163 g/mol. The fourth-order valence-electron chi connectivity index (χ4n) is 0.995. The monoisotopic (exact) mass is 163 g/mol. The molecule has 6 heteroatoms. The van der Waals surface area contributed by atoms with Gasteiger partial charge >= 0.3 is 7.12 Å². The van der Waals surface area contributed by atoms with E-state index >= 15 is 0 Å². The predicted octanol–water partition coefficient (Wildman–Crippen LogP) is -1.36. The minimum Gasteiger partial charge on any atom is -0.423 e. The van der Waals surface area contributed by atoms with E-state index in [0.717, 1.165) is 5.39 Å². The molecule has 2 aromatic rings. The SMILES string of the molecule is OB(O)c1cnc2[nH]ncc2c1. The number of nitrogens with one attached hydrogen (secondary N) is 1. The molecular formula is C6H6BN3O2. The number of nitrogens with zero attached hydrogens (tertiary/aromatic N) is 2. The van der Waals surface area contributed by atoms with Crippen molar-refractivity contribution in [3.8, 4) is 0 Å². The summed E-state index contributed by atoms with van der Waals surface area (Å²) >= 11 is 0. The lowest BCUT2D eigenvalue weighted by atomic mass is 9.81. The van der Waals surface area contributed by atoms with Crippen LogP contribution in [0.25, 0.3) is 11.0 Å². The Morgan fingerprint density at radius 3 is 2.92 bits per heavy atom. The van der Waals surface area contributed by atoms with E-state index in [-0.39, 0.29) is 0 Å². The van der Waals surface area contributed by atoms with Gasteiger partial charge in [0, 0.05) is 17.0 Å². The summed E-state index contributed by atoms with van der Waals surface area (Å²) in [4.78, 5) is 3.92. The number of rotatable bonds is 1. The Labute approximate surface area is 68.2 Å². The fraction of sp³-hybridized carbons (Fsp3) is 0. The van der Waals surface area contributed by atoms with Crippen molar-refractivity contribution in [1.29, 1.82) is 0 Å². The van der Waals surface area contributed by atoms with E-state index in [2.05, 4.69) is 15.2 Å². The van der Waals surface area contributed by atoms with Crippen LogP contribution in [0.3, 0.4) is 0 Å². The topological polar surface area (TPSA) is 82.0 Å². The summed E-state index contributed by atoms with van der Waals surface area (Å²) in [5.74, 6) is 0. The number of fused-ring (bicyclic) bond motifs is 1. The average Bonchev–Trinajstić information content (AvgIpc) is 2.49. The van der Waals surface area contributed by atoms with E-state index in [1.54, 1.807) is 12.3 Å². The van der Waals surface area contributed by atoms with Crippen molar-refractivity contribution in [2.45, 2.75) is 0 Å². The molecule has 0 spiro atoms. The van der Waals surface area contributed by atoms with Gasteiger partial charge in [-0.05, 0) is 6.07 Å². The molecule has 0 unspecified atom stereocenters. The molecule has 0 amide bonds. The summed E-state index contributed by atoms with van der Waals surface area (Å²) in [7, 11) is -1.48. The van der Waals surface area contributed by atoms with Crippen LogP contribution in [-0.4, -0.2) is 32.3 Å². The van der Waals surface area contributed by atoms with Crippen molar-refractivity contribution in [3.05, 3.63) is 18.5 Å². The molecule has 0 saturated carbocycles. The molecule has 0 radical (unpaired) electrons. The van der Waals surface area contributed by atoms with Crippen LogP contribution >= 0.6 is 0 Å². The third-order valence-corrected chi connectivity index (χ3v) is 1.61. The highest BCUT2D eigenvalue weighted by molar-refractivity contribution is 6.58. The summed E-state index contributed by atoms with van der Waals surface area (Å²) in [6.45, 7) is 0. The number of H-pyrrole nitrogens is 1. The molecule has 0 atom stereocenters. The smallest absolute Gasteiger partial charge is 0.423 e. The van der Waals surface area contributed by atoms with Crippen LogP contribution in [0.2, 0.25) is 0 Å². The molecule has 5 nitrogen and oxygen atoms in total. The van der Waals surface area contributed by atoms with Gasteiger partial charge in [0.2, 0.25) is 0 Å². The lowest BCUT2D eigenvalue weighted by Crippen LogP contribution is -2.29. The van der Waals surface area contributed by atoms with Gasteiger partial charge in [0.15, 0.2) is 5.65 Å². The maximum atomic E-state index is 8.81. The van der Waals surface area contributed by atoms with Gasteiger partial charge in [-0.15, -0.1) is 0 Å². The van der Waals surface area contributed by atoms with E-state index in [0.29, 0.717) is 11.1 Å². The molecular weight excluding hydrogens is 157 g/mol. The molecule has 60 valence electrons. The van der Waals surface area contributed by atoms with Crippen molar-refractivity contribution < 1.29 is 10.0 Å². The number of hydrogen-bond acceptors (Lipinski definition) is 4. The summed E-state index contributed by atoms with van der Waals surface area (Å²) < 4.78 is 0. The Kier molecular flexibility index (Phi) is 1.56. The molecule has 0 aliphatic rings. The first-order valence-electron chi connectivity index (χ1n) is 3.42. The van der Waals surface area contributed by atoms with Crippen molar-refractivity contribution in [3.63, 3.8) is 0 Å². The van der Waals surface area contributed by atoms with E-state index in [9.17, 15) is 0 Å². The molecule has 12 heavy (non-hydrogen) atoms. The van der Waals surface area contributed by atoms with E-state index < -0.39 is 7.12 Å². The summed E-state index contributed by atoms with van der Waals surface area (Å²) in [6, 6.07) is 1.62. The van der Waals surface area contributed by atoms with Crippen molar-refractivity contribution in [2.24, 2.45) is 0 Å². The third-order valence-electron chi connectivity index (χ3n) is 1.61. The van der Waals surface area contributed by atoms with Gasteiger partial charge in [-0.25, -0.2) is 4.98 Å². The minimum atomic E-state index is -1.48. The Hall–Kier alpha value is -1.40. The normalized spacial score (nSPS) is 10.5. The number of pyridine rings is 1. The zero-order valence-electron chi connectivity index (χ0n) is 6.10. The van der Waals surface area contributed by atoms with Gasteiger partial charge < -0.3 is 10.0 Å². The van der Waals surface area contributed by atoms with Gasteiger partial charge in [-0.1, -0.05) is 0 Å². The van der Waals surface area contributed by atoms with Crippen LogP contribution in [0, 0.1) is 0 Å². The zero-order chi connectivity index (χ0) is 8.55. The van der Waals surface area contributed by atoms with Crippen LogP contribution in [0.1, 0.15) is 0 Å². The fourth-order valence-corrected chi connectivity index (χ4v) is 0.995. The standard InChI is InChI=1S/C6H6BN3O2/c11-7(12)5-1-4-2-9-10-6(4)8-3-5/h1-3,11-12H,(H,8,9,10). The predicted molar refractivity (Wildman–Crippen MR) is 43.7 cm³/mol. The molecule has 2 aromatic heterocycles. The molecule has 0 aliphatic carbocycles. The van der Waals surface area contributed by atoms with E-state index in [4.69, 9.17) is 10.0 Å². The van der Waals surface area contributed by atoms with Crippen molar-refractivity contribution in [2.75, 3.05) is 0 Å². The summed E-state index contributed by atoms with van der Waals surface area (Å²) in [5.41, 5.74) is 1.00. The van der Waals surface area contributed by atoms with Gasteiger partial charge in [-0.3, -0.25) is 5.10 Å². The Balaban J connectivity index is 2.60. The van der Waals surface area contributed by atoms with Crippen molar-refractivity contribution >= 4 is 23.6 Å². The summed E-state index contributed by atoms with van der Waals surface area (Å²) in [5, 5.41) is 24.8. The van der Waals surface area contributed by atoms with Gasteiger partial charge in [0.25, 0.3) is 0 Å². The molecule has 0 bridgehead atoms. The molecule has 2 heterocycles. The second-order valence-corrected chi connectivity index (χ2v) is 2.45. The van der Waals surface area contributed by atoms with Crippen molar-refractivity contribution in [1.82, 2.24) is 15.2 Å². The van der Waals surface area contributed by atoms with Gasteiger partial charge in [-0.2, -0.15) is 5.10 Å². The minimum absolute atomic E-state index is 0.365. The molecule has 0 saturated heterocycles. The first-order valence-corrected chi connectivity index (χ1v) is 3.42. The highest BCUT2D eigenvalue weighted by Crippen LogP contribution is 2.03. The third kappa shape index (κ3) is 1.07. The van der Waals surface area contributed by atoms with Gasteiger partial charge in [0.05, 0.1) is 6.20 Å². The second kappa shape index (κ2) is 2.58. The van der Waals surface area contributed by atoms with Crippen LogP contribution in [-0.2, 0) is 0 Å². The second-order valence-electron chi connectivity index (χ2n) is 2.45. The molecule has 0 aromatic carbocycles. The highest BCUT2D eigenvalue weighted by Gasteiger charge is 2.11. The Bertz CT molecular complexity index is 400. The van der Waals surface area contributed by atoms with E-state index in [1.165, 1.54) is 6.20 Å². The van der Waals surface area contributed by atoms with Crippen LogP contribution < -0.4 is 5.46 Å². The molecule has 2 rings (SSSR count). The largest absolute Gasteiger partial charge is 0.490 e. The maximum absolute atomic E-state index is 8.81. The highest BCUT2D eigenvalue weighted by atomic mass is 16.4. The van der Waals surface area contributed by atoms with Crippen LogP contribution in [0.4, 0.5) is 0 Å². The number of aromatic amines is 1. The first-order chi connectivity index (χ1) is 5.77. The maximum Gasteiger partial charge on any atom is 0.490 e. The van der Waals surface area contributed by atoms with Crippen LogP contribution in [0.5, 0.6) is 0 Å². The number of aromatic nitrogens is 3. The van der Waals surface area contributed by atoms with E-state index in [1.807, 2.05) is 0 Å². The zero-order valence-corrected chi connectivity index (χ0v) is 6.10. The molecule has 0 aliphatic heterocycles. The van der Waals surface area contributed by atoms with Gasteiger partial charge in [0.1, 0.15) is 0 Å². The lowest BCUT2D eigenvalue weighted by Gasteiger charge is -1.96. The molecule has 0 fully saturated rings. The number of hydrogen-bond donors (Lipinski definition) is 3. The molecule has 3 N–H and O–H groups in total. The quantitative estimate of drug-likeness (QED) is 0.453. The Morgan fingerprint density at radius 1 is 1.33 bits per heavy atom. The first kappa shape index (κ1) is 7.26. The summed E-state index contributed by atoms with van der Waals surface area (Å²) in [6.07, 6.45) is 2.97. The van der Waals surface area contributed by atoms with Crippen LogP contribution in [0.15, 0.2) is 18.5 Å².